The van der Waals surface area contributed by atoms with Crippen LogP contribution in [0, 0.1) is 0 Å². The molecule has 2 N–H and O–H groups in total. The summed E-state index contributed by atoms with van der Waals surface area (Å²) in [7, 11) is 4.58. The number of nitrogens with one attached hydrogen (secondary N) is 2. The molecule has 0 aromatic heterocycles. The van der Waals surface area contributed by atoms with Crippen molar-refractivity contribution in [3.63, 3.8) is 0 Å². The maximum absolute atomic E-state index is 12.8. The Kier molecular flexibility index (Phi) is 7.52. The van der Waals surface area contributed by atoms with E-state index in [2.05, 4.69) is 5.32 Å². The average molecular weight is 428 g/mol. The molecule has 0 aliphatic carbocycles. The molecule has 2 aromatic carbocycles. The minimum Gasteiger partial charge on any atom is -0.493 e. The smallest absolute Gasteiger partial charge is 0.311 e. The van der Waals surface area contributed by atoms with Gasteiger partial charge in [0.1, 0.15) is 12.5 Å². The highest BCUT2D eigenvalue weighted by Gasteiger charge is 2.35. The van der Waals surface area contributed by atoms with Crippen molar-refractivity contribution >= 4 is 11.9 Å². The molecule has 3 rings (SSSR count). The van der Waals surface area contributed by atoms with E-state index in [0.29, 0.717) is 11.5 Å². The van der Waals surface area contributed by atoms with Crippen LogP contribution in [0.2, 0.25) is 0 Å². The monoisotopic (exact) mass is 427 g/mol. The second-order valence-corrected chi connectivity index (χ2v) is 7.77. The standard InChI is InChI=1S/C24H30N2O5/c1-16(17-8-6-5-7-9-17)25-23(27)15-26-11-10-18-12-21(29-2)22(30-3)13-19(18)20(26)14-24(28)31-4/h5-9,12-13,16,20H,10-11,14-15H2,1-4H3,(H,25,27)/p+1/t16-,20-/m0/s1. The quantitative estimate of drug-likeness (QED) is 0.626. The van der Waals surface area contributed by atoms with E-state index in [0.717, 1.165) is 34.6 Å². The van der Waals surface area contributed by atoms with Crippen molar-refractivity contribution < 1.29 is 28.7 Å². The van der Waals surface area contributed by atoms with E-state index < -0.39 is 0 Å². The lowest BCUT2D eigenvalue weighted by molar-refractivity contribution is -0.925. The van der Waals surface area contributed by atoms with Gasteiger partial charge in [-0.2, -0.15) is 0 Å². The maximum Gasteiger partial charge on any atom is 0.311 e. The molecular formula is C24H31N2O5+. The van der Waals surface area contributed by atoms with Crippen molar-refractivity contribution in [2.75, 3.05) is 34.4 Å². The summed E-state index contributed by atoms with van der Waals surface area (Å²) < 4.78 is 15.8. The summed E-state index contributed by atoms with van der Waals surface area (Å²) in [6.45, 7) is 2.97. The van der Waals surface area contributed by atoms with E-state index in [-0.39, 0.29) is 36.9 Å². The Bertz CT molecular complexity index is 916. The molecule has 1 aliphatic heterocycles. The third-order valence-corrected chi connectivity index (χ3v) is 5.89. The lowest BCUT2D eigenvalue weighted by Gasteiger charge is -2.34. The number of hydrogen-bond donors (Lipinski definition) is 2. The molecule has 0 bridgehead atoms. The van der Waals surface area contributed by atoms with Crippen molar-refractivity contribution in [2.45, 2.75) is 31.8 Å². The van der Waals surface area contributed by atoms with Gasteiger partial charge in [-0.25, -0.2) is 0 Å². The van der Waals surface area contributed by atoms with Gasteiger partial charge in [0.25, 0.3) is 5.91 Å². The van der Waals surface area contributed by atoms with Crippen LogP contribution in [0.1, 0.15) is 42.1 Å². The summed E-state index contributed by atoms with van der Waals surface area (Å²) in [6.07, 6.45) is 0.972. The molecule has 2 aromatic rings. The molecule has 31 heavy (non-hydrogen) atoms. The lowest BCUT2D eigenvalue weighted by Crippen LogP contribution is -3.14. The number of amides is 1. The van der Waals surface area contributed by atoms with Crippen LogP contribution in [0.5, 0.6) is 11.5 Å². The van der Waals surface area contributed by atoms with Crippen LogP contribution < -0.4 is 19.7 Å². The number of fused-ring (bicyclic) bond motifs is 1. The van der Waals surface area contributed by atoms with Crippen molar-refractivity contribution in [1.29, 1.82) is 0 Å². The number of carbonyl (C=O) groups excluding carboxylic acids is 2. The molecule has 3 atom stereocenters. The minimum atomic E-state index is -0.303. The molecular weight excluding hydrogens is 396 g/mol. The van der Waals surface area contributed by atoms with Crippen LogP contribution in [0.15, 0.2) is 42.5 Å². The van der Waals surface area contributed by atoms with E-state index in [9.17, 15) is 9.59 Å². The summed E-state index contributed by atoms with van der Waals surface area (Å²) in [5.74, 6) is 0.920. The zero-order chi connectivity index (χ0) is 22.4. The molecule has 1 heterocycles. The first-order valence-corrected chi connectivity index (χ1v) is 10.5. The lowest BCUT2D eigenvalue weighted by atomic mass is 9.90. The minimum absolute atomic E-state index is 0.0508. The fourth-order valence-electron chi connectivity index (χ4n) is 4.21. The van der Waals surface area contributed by atoms with Crippen LogP contribution in [0.3, 0.4) is 0 Å². The summed E-state index contributed by atoms with van der Waals surface area (Å²) in [6, 6.07) is 13.5. The number of esters is 1. The molecule has 0 saturated heterocycles. The molecule has 7 nitrogen and oxygen atoms in total. The van der Waals surface area contributed by atoms with E-state index in [1.54, 1.807) is 14.2 Å². The Labute approximate surface area is 183 Å². The topological polar surface area (TPSA) is 78.3 Å². The van der Waals surface area contributed by atoms with Crippen molar-refractivity contribution in [3.05, 3.63) is 59.2 Å². The first-order valence-electron chi connectivity index (χ1n) is 10.5. The van der Waals surface area contributed by atoms with Gasteiger partial charge >= 0.3 is 5.97 Å². The summed E-state index contributed by atoms with van der Waals surface area (Å²) >= 11 is 0. The first kappa shape index (κ1) is 22.6. The maximum atomic E-state index is 12.8. The fourth-order valence-corrected chi connectivity index (χ4v) is 4.21. The van der Waals surface area contributed by atoms with E-state index in [1.165, 1.54) is 7.11 Å². The van der Waals surface area contributed by atoms with Crippen LogP contribution in [-0.4, -0.2) is 46.3 Å². The van der Waals surface area contributed by atoms with Gasteiger partial charge in [0.15, 0.2) is 18.0 Å². The molecule has 0 saturated carbocycles. The Morgan fingerprint density at radius 1 is 1.10 bits per heavy atom. The van der Waals surface area contributed by atoms with Crippen molar-refractivity contribution in [1.82, 2.24) is 5.32 Å². The SMILES string of the molecule is COC(=O)C[C@H]1c2cc(OC)c(OC)cc2CC[NH+]1CC(=O)N[C@@H](C)c1ccccc1. The highest BCUT2D eigenvalue weighted by atomic mass is 16.5. The average Bonchev–Trinajstić information content (AvgIpc) is 2.79. The third-order valence-electron chi connectivity index (χ3n) is 5.89. The summed E-state index contributed by atoms with van der Waals surface area (Å²) in [5.41, 5.74) is 3.15. The molecule has 166 valence electrons. The number of ether oxygens (including phenoxy) is 3. The summed E-state index contributed by atoms with van der Waals surface area (Å²) in [5, 5.41) is 3.08. The van der Waals surface area contributed by atoms with E-state index in [4.69, 9.17) is 14.2 Å². The van der Waals surface area contributed by atoms with Crippen LogP contribution in [0.25, 0.3) is 0 Å². The molecule has 0 spiro atoms. The van der Waals surface area contributed by atoms with E-state index >= 15 is 0 Å². The van der Waals surface area contributed by atoms with Gasteiger partial charge in [0.2, 0.25) is 0 Å². The van der Waals surface area contributed by atoms with Gasteiger partial charge in [-0.05, 0) is 30.2 Å². The fraction of sp³-hybridized carbons (Fsp3) is 0.417. The Morgan fingerprint density at radius 3 is 2.42 bits per heavy atom. The number of hydrogen-bond acceptors (Lipinski definition) is 5. The Hall–Kier alpha value is -3.06. The largest absolute Gasteiger partial charge is 0.493 e. The van der Waals surface area contributed by atoms with Gasteiger partial charge in [0, 0.05) is 12.0 Å². The van der Waals surface area contributed by atoms with Gasteiger partial charge < -0.3 is 24.4 Å². The van der Waals surface area contributed by atoms with Gasteiger partial charge in [-0.3, -0.25) is 9.59 Å². The molecule has 1 aliphatic rings. The van der Waals surface area contributed by atoms with Gasteiger partial charge in [-0.15, -0.1) is 0 Å². The normalized spacial score (nSPS) is 18.5. The number of carbonyl (C=O) groups is 2. The third kappa shape index (κ3) is 5.35. The zero-order valence-electron chi connectivity index (χ0n) is 18.6. The highest BCUT2D eigenvalue weighted by molar-refractivity contribution is 5.77. The molecule has 7 heteroatoms. The second kappa shape index (κ2) is 10.3. The van der Waals surface area contributed by atoms with Crippen LogP contribution in [0.4, 0.5) is 0 Å². The Balaban J connectivity index is 1.81. The van der Waals surface area contributed by atoms with Gasteiger partial charge in [0.05, 0.1) is 33.9 Å². The predicted molar refractivity (Wildman–Crippen MR) is 116 cm³/mol. The zero-order valence-corrected chi connectivity index (χ0v) is 18.6. The number of rotatable bonds is 8. The number of methoxy groups -OCH3 is 3. The van der Waals surface area contributed by atoms with Crippen molar-refractivity contribution in [2.24, 2.45) is 0 Å². The first-order chi connectivity index (χ1) is 15.0. The van der Waals surface area contributed by atoms with Crippen molar-refractivity contribution in [3.8, 4) is 11.5 Å². The number of quaternary nitrogens is 1. The highest BCUT2D eigenvalue weighted by Crippen LogP contribution is 2.35. The summed E-state index contributed by atoms with van der Waals surface area (Å²) in [4.78, 5) is 26.0. The van der Waals surface area contributed by atoms with Crippen LogP contribution >= 0.6 is 0 Å². The number of benzene rings is 2. The predicted octanol–water partition coefficient (Wildman–Crippen LogP) is 1.63. The van der Waals surface area contributed by atoms with Gasteiger partial charge in [-0.1, -0.05) is 30.3 Å². The second-order valence-electron chi connectivity index (χ2n) is 7.77. The molecule has 0 radical (unpaired) electrons. The Morgan fingerprint density at radius 2 is 1.77 bits per heavy atom. The molecule has 1 unspecified atom stereocenters. The van der Waals surface area contributed by atoms with Crippen LogP contribution in [-0.2, 0) is 20.7 Å². The molecule has 0 fully saturated rings. The van der Waals surface area contributed by atoms with E-state index in [1.807, 2.05) is 49.4 Å². The molecule has 1 amide bonds.